The summed E-state index contributed by atoms with van der Waals surface area (Å²) in [6.07, 6.45) is 2.94. The van der Waals surface area contributed by atoms with Gasteiger partial charge in [0.25, 0.3) is 5.56 Å². The average Bonchev–Trinajstić information content (AvgIpc) is 2.39. The van der Waals surface area contributed by atoms with Crippen molar-refractivity contribution in [2.24, 2.45) is 7.05 Å². The number of hydrogen-bond donors (Lipinski definition) is 0. The van der Waals surface area contributed by atoms with Crippen LogP contribution in [0.15, 0.2) is 29.3 Å². The van der Waals surface area contributed by atoms with Gasteiger partial charge in [-0.05, 0) is 17.7 Å². The Balaban J connectivity index is 2.30. The van der Waals surface area contributed by atoms with E-state index in [-0.39, 0.29) is 23.5 Å². The van der Waals surface area contributed by atoms with E-state index in [4.69, 9.17) is 0 Å². The van der Waals surface area contributed by atoms with Crippen molar-refractivity contribution in [3.63, 3.8) is 0 Å². The number of halogens is 3. The molecule has 7 heteroatoms. The number of aryl methyl sites for hydroxylation is 1. The van der Waals surface area contributed by atoms with Gasteiger partial charge in [-0.1, -0.05) is 0 Å². The van der Waals surface area contributed by atoms with Crippen molar-refractivity contribution in [3.8, 4) is 0 Å². The number of aromatic nitrogens is 2. The Morgan fingerprint density at radius 1 is 1.25 bits per heavy atom. The van der Waals surface area contributed by atoms with Crippen LogP contribution in [0.2, 0.25) is 0 Å². The molecule has 20 heavy (non-hydrogen) atoms. The van der Waals surface area contributed by atoms with Gasteiger partial charge < -0.3 is 9.47 Å². The van der Waals surface area contributed by atoms with Crippen LogP contribution in [0.25, 0.3) is 0 Å². The normalized spacial score (nSPS) is 10.7. The molecule has 0 radical (unpaired) electrons. The van der Waals surface area contributed by atoms with Gasteiger partial charge in [-0.15, -0.1) is 0 Å². The van der Waals surface area contributed by atoms with Crippen LogP contribution >= 0.6 is 0 Å². The van der Waals surface area contributed by atoms with E-state index in [0.29, 0.717) is 0 Å². The lowest BCUT2D eigenvalue weighted by Gasteiger charge is -2.18. The van der Waals surface area contributed by atoms with Gasteiger partial charge >= 0.3 is 0 Å². The lowest BCUT2D eigenvalue weighted by atomic mass is 10.2. The highest BCUT2D eigenvalue weighted by molar-refractivity contribution is 5.36. The Kier molecular flexibility index (Phi) is 3.78. The number of hydrogen-bond acceptors (Lipinski definition) is 3. The van der Waals surface area contributed by atoms with Gasteiger partial charge in [0, 0.05) is 33.0 Å². The fourth-order valence-corrected chi connectivity index (χ4v) is 1.79. The van der Waals surface area contributed by atoms with Crippen molar-refractivity contribution in [2.45, 2.75) is 6.54 Å². The molecule has 1 aromatic carbocycles. The van der Waals surface area contributed by atoms with Crippen LogP contribution in [0.1, 0.15) is 5.56 Å². The van der Waals surface area contributed by atoms with Gasteiger partial charge in [0.1, 0.15) is 0 Å². The molecule has 1 aromatic heterocycles. The van der Waals surface area contributed by atoms with Crippen LogP contribution in [0.4, 0.5) is 19.0 Å². The van der Waals surface area contributed by atoms with Gasteiger partial charge in [-0.3, -0.25) is 4.79 Å². The zero-order valence-corrected chi connectivity index (χ0v) is 10.9. The third-order valence-corrected chi connectivity index (χ3v) is 2.82. The highest BCUT2D eigenvalue weighted by Gasteiger charge is 2.14. The molecule has 0 fully saturated rings. The molecule has 0 N–H and O–H groups in total. The predicted molar refractivity (Wildman–Crippen MR) is 67.9 cm³/mol. The van der Waals surface area contributed by atoms with Crippen LogP contribution in [-0.2, 0) is 13.6 Å². The summed E-state index contributed by atoms with van der Waals surface area (Å²) in [4.78, 5) is 17.2. The zero-order chi connectivity index (χ0) is 14.9. The Bertz CT molecular complexity index is 676. The van der Waals surface area contributed by atoms with E-state index < -0.39 is 17.5 Å². The summed E-state index contributed by atoms with van der Waals surface area (Å²) in [6.45, 7) is 0.0281. The van der Waals surface area contributed by atoms with E-state index in [1.807, 2.05) is 0 Å². The molecule has 0 spiro atoms. The van der Waals surface area contributed by atoms with E-state index in [2.05, 4.69) is 4.98 Å². The second-order valence-corrected chi connectivity index (χ2v) is 4.40. The second-order valence-electron chi connectivity index (χ2n) is 4.40. The number of benzene rings is 1. The van der Waals surface area contributed by atoms with Crippen molar-refractivity contribution in [2.75, 3.05) is 11.9 Å². The van der Waals surface area contributed by atoms with Gasteiger partial charge in [0.2, 0.25) is 0 Å². The standard InChI is InChI=1S/C13H12F3N3O/c1-18-4-3-17-12(13(18)20)19(2)7-8-5-9(14)11(16)10(15)6-8/h3-6H,7H2,1-2H3. The quantitative estimate of drug-likeness (QED) is 0.807. The summed E-state index contributed by atoms with van der Waals surface area (Å²) in [6, 6.07) is 1.78. The molecule has 0 bridgehead atoms. The van der Waals surface area contributed by atoms with E-state index in [9.17, 15) is 18.0 Å². The van der Waals surface area contributed by atoms with Crippen LogP contribution in [-0.4, -0.2) is 16.6 Å². The number of rotatable bonds is 3. The third kappa shape index (κ3) is 2.66. The first-order chi connectivity index (χ1) is 9.40. The maximum Gasteiger partial charge on any atom is 0.293 e. The number of anilines is 1. The highest BCUT2D eigenvalue weighted by Crippen LogP contribution is 2.15. The lowest BCUT2D eigenvalue weighted by Crippen LogP contribution is -2.29. The van der Waals surface area contributed by atoms with Gasteiger partial charge in [-0.25, -0.2) is 18.2 Å². The van der Waals surface area contributed by atoms with Gasteiger partial charge in [-0.2, -0.15) is 0 Å². The Hall–Kier alpha value is -2.31. The van der Waals surface area contributed by atoms with E-state index in [0.717, 1.165) is 12.1 Å². The van der Waals surface area contributed by atoms with Crippen molar-refractivity contribution in [1.82, 2.24) is 9.55 Å². The van der Waals surface area contributed by atoms with Crippen LogP contribution in [0.5, 0.6) is 0 Å². The molecular formula is C13H12F3N3O. The van der Waals surface area contributed by atoms with Crippen LogP contribution in [0, 0.1) is 17.5 Å². The summed E-state index contributed by atoms with van der Waals surface area (Å²) in [7, 11) is 3.13. The van der Waals surface area contributed by atoms with E-state index >= 15 is 0 Å². The summed E-state index contributed by atoms with van der Waals surface area (Å²) >= 11 is 0. The maximum absolute atomic E-state index is 13.1. The molecule has 1 heterocycles. The molecule has 0 aliphatic carbocycles. The summed E-state index contributed by atoms with van der Waals surface area (Å²) in [5, 5.41) is 0. The smallest absolute Gasteiger partial charge is 0.293 e. The fraction of sp³-hybridized carbons (Fsp3) is 0.231. The molecule has 2 rings (SSSR count). The van der Waals surface area contributed by atoms with Crippen molar-refractivity contribution >= 4 is 5.82 Å². The zero-order valence-electron chi connectivity index (χ0n) is 10.9. The molecule has 0 amide bonds. The van der Waals surface area contributed by atoms with Crippen molar-refractivity contribution in [3.05, 3.63) is 57.9 Å². The van der Waals surface area contributed by atoms with E-state index in [1.165, 1.54) is 21.9 Å². The predicted octanol–water partition coefficient (Wildman–Crippen LogP) is 1.83. The van der Waals surface area contributed by atoms with Crippen molar-refractivity contribution in [1.29, 1.82) is 0 Å². The maximum atomic E-state index is 13.1. The van der Waals surface area contributed by atoms with Crippen LogP contribution < -0.4 is 10.5 Å². The molecule has 0 unspecified atom stereocenters. The lowest BCUT2D eigenvalue weighted by molar-refractivity contribution is 0.445. The first kappa shape index (κ1) is 14.1. The summed E-state index contributed by atoms with van der Waals surface area (Å²) in [5.74, 6) is -3.89. The van der Waals surface area contributed by atoms with Gasteiger partial charge in [0.05, 0.1) is 0 Å². The monoisotopic (exact) mass is 283 g/mol. The first-order valence-electron chi connectivity index (χ1n) is 5.76. The molecule has 106 valence electrons. The molecule has 0 atom stereocenters. The second kappa shape index (κ2) is 5.36. The van der Waals surface area contributed by atoms with Crippen LogP contribution in [0.3, 0.4) is 0 Å². The molecule has 0 saturated carbocycles. The van der Waals surface area contributed by atoms with Crippen molar-refractivity contribution < 1.29 is 13.2 Å². The largest absolute Gasteiger partial charge is 0.351 e. The summed E-state index contributed by atoms with van der Waals surface area (Å²) < 4.78 is 40.4. The highest BCUT2D eigenvalue weighted by atomic mass is 19.2. The number of nitrogens with zero attached hydrogens (tertiary/aromatic N) is 3. The summed E-state index contributed by atoms with van der Waals surface area (Å²) in [5.41, 5.74) is -0.130. The minimum absolute atomic E-state index is 0.0281. The average molecular weight is 283 g/mol. The Morgan fingerprint density at radius 3 is 2.45 bits per heavy atom. The Morgan fingerprint density at radius 2 is 1.85 bits per heavy atom. The fourth-order valence-electron chi connectivity index (χ4n) is 1.79. The topological polar surface area (TPSA) is 38.1 Å². The minimum atomic E-state index is -1.51. The molecule has 0 saturated heterocycles. The first-order valence-corrected chi connectivity index (χ1v) is 5.76. The molecule has 0 aliphatic rings. The molecule has 2 aromatic rings. The molecular weight excluding hydrogens is 271 g/mol. The SMILES string of the molecule is CN(Cc1cc(F)c(F)c(F)c1)c1nccn(C)c1=O. The Labute approximate surface area is 113 Å². The minimum Gasteiger partial charge on any atom is -0.351 e. The van der Waals surface area contributed by atoms with E-state index in [1.54, 1.807) is 14.1 Å². The third-order valence-electron chi connectivity index (χ3n) is 2.82. The van der Waals surface area contributed by atoms with Gasteiger partial charge in [0.15, 0.2) is 23.3 Å². The molecule has 4 nitrogen and oxygen atoms in total. The molecule has 0 aliphatic heterocycles.